The second-order valence-corrected chi connectivity index (χ2v) is 5.14. The molecule has 0 saturated heterocycles. The van der Waals surface area contributed by atoms with E-state index in [9.17, 15) is 9.59 Å². The number of carbonyl (C=O) groups is 2. The van der Waals surface area contributed by atoms with Crippen molar-refractivity contribution in [3.05, 3.63) is 78.4 Å². The van der Waals surface area contributed by atoms with Crippen LogP contribution in [-0.4, -0.2) is 25.5 Å². The molecule has 2 aromatic carbocycles. The van der Waals surface area contributed by atoms with E-state index in [1.165, 1.54) is 6.08 Å². The molecule has 0 aliphatic heterocycles. The summed E-state index contributed by atoms with van der Waals surface area (Å²) in [5.74, 6) is 0.163. The smallest absolute Gasteiger partial charge is 0.253 e. The van der Waals surface area contributed by atoms with Gasteiger partial charge in [0.25, 0.3) is 5.91 Å². The third kappa shape index (κ3) is 5.35. The topological polar surface area (TPSA) is 67.4 Å². The minimum atomic E-state index is -0.320. The van der Waals surface area contributed by atoms with Gasteiger partial charge in [-0.1, -0.05) is 30.3 Å². The van der Waals surface area contributed by atoms with Crippen LogP contribution in [0.3, 0.4) is 0 Å². The number of hydrogen-bond acceptors (Lipinski definition) is 3. The summed E-state index contributed by atoms with van der Waals surface area (Å²) < 4.78 is 5.09. The number of carbonyl (C=O) groups excluding carboxylic acids is 2. The van der Waals surface area contributed by atoms with Gasteiger partial charge in [0.05, 0.1) is 18.4 Å². The molecule has 0 bridgehead atoms. The number of nitrogens with one attached hydrogen (secondary N) is 2. The predicted molar refractivity (Wildman–Crippen MR) is 99.6 cm³/mol. The van der Waals surface area contributed by atoms with Crippen molar-refractivity contribution in [1.29, 1.82) is 0 Å². The van der Waals surface area contributed by atoms with Gasteiger partial charge in [-0.15, -0.1) is 6.58 Å². The average molecular weight is 336 g/mol. The van der Waals surface area contributed by atoms with Gasteiger partial charge in [-0.2, -0.15) is 0 Å². The molecule has 0 radical (unpaired) electrons. The Balaban J connectivity index is 2.05. The highest BCUT2D eigenvalue weighted by Crippen LogP contribution is 2.16. The molecule has 128 valence electrons. The Hall–Kier alpha value is -3.34. The quantitative estimate of drug-likeness (QED) is 0.602. The monoisotopic (exact) mass is 336 g/mol. The third-order valence-electron chi connectivity index (χ3n) is 3.38. The van der Waals surface area contributed by atoms with E-state index >= 15 is 0 Å². The Morgan fingerprint density at radius 3 is 2.52 bits per heavy atom. The molecule has 0 atom stereocenters. The number of benzene rings is 2. The number of hydrogen-bond donors (Lipinski definition) is 2. The highest BCUT2D eigenvalue weighted by atomic mass is 16.5. The number of ether oxygens (including phenoxy) is 1. The summed E-state index contributed by atoms with van der Waals surface area (Å²) in [5, 5.41) is 5.42. The van der Waals surface area contributed by atoms with Crippen molar-refractivity contribution in [2.24, 2.45) is 0 Å². The zero-order valence-corrected chi connectivity index (χ0v) is 14.0. The predicted octanol–water partition coefficient (Wildman–Crippen LogP) is 3.26. The van der Waals surface area contributed by atoms with Gasteiger partial charge in [-0.05, 0) is 35.9 Å². The fraction of sp³-hybridized carbons (Fsp3) is 0.100. The number of para-hydroxylation sites is 1. The summed E-state index contributed by atoms with van der Waals surface area (Å²) in [6.07, 6.45) is 4.70. The van der Waals surface area contributed by atoms with E-state index in [2.05, 4.69) is 17.2 Å². The van der Waals surface area contributed by atoms with Gasteiger partial charge >= 0.3 is 0 Å². The molecule has 2 amide bonds. The Morgan fingerprint density at radius 2 is 1.84 bits per heavy atom. The van der Waals surface area contributed by atoms with Crippen molar-refractivity contribution < 1.29 is 14.3 Å². The molecule has 5 heteroatoms. The van der Waals surface area contributed by atoms with Crippen LogP contribution >= 0.6 is 0 Å². The Bertz CT molecular complexity index is 780. The van der Waals surface area contributed by atoms with Crippen molar-refractivity contribution >= 4 is 23.6 Å². The largest absolute Gasteiger partial charge is 0.497 e. The van der Waals surface area contributed by atoms with E-state index in [0.29, 0.717) is 17.8 Å². The van der Waals surface area contributed by atoms with Crippen LogP contribution < -0.4 is 15.4 Å². The molecule has 2 rings (SSSR count). The van der Waals surface area contributed by atoms with Gasteiger partial charge in [0.2, 0.25) is 5.91 Å². The zero-order chi connectivity index (χ0) is 18.1. The van der Waals surface area contributed by atoms with E-state index in [1.54, 1.807) is 43.5 Å². The lowest BCUT2D eigenvalue weighted by Gasteiger charge is -2.09. The van der Waals surface area contributed by atoms with Crippen molar-refractivity contribution in [2.45, 2.75) is 0 Å². The summed E-state index contributed by atoms with van der Waals surface area (Å²) in [6, 6.07) is 14.2. The van der Waals surface area contributed by atoms with Crippen molar-refractivity contribution in [3.63, 3.8) is 0 Å². The van der Waals surface area contributed by atoms with Crippen LogP contribution in [0.1, 0.15) is 15.9 Å². The first-order valence-electron chi connectivity index (χ1n) is 7.75. The molecule has 0 aliphatic rings. The summed E-state index contributed by atoms with van der Waals surface area (Å²) in [7, 11) is 1.60. The Kier molecular flexibility index (Phi) is 6.54. The highest BCUT2D eigenvalue weighted by molar-refractivity contribution is 6.07. The number of rotatable bonds is 7. The SMILES string of the molecule is C=CCNC(=O)c1ccccc1NC(=O)C=Cc1ccc(OC)cc1. The maximum Gasteiger partial charge on any atom is 0.253 e. The Morgan fingerprint density at radius 1 is 1.12 bits per heavy atom. The number of amides is 2. The molecule has 2 aromatic rings. The standard InChI is InChI=1S/C20H20N2O3/c1-3-14-21-20(24)17-6-4-5-7-18(17)22-19(23)13-10-15-8-11-16(25-2)12-9-15/h3-13H,1,14H2,2H3,(H,21,24)(H,22,23). The van der Waals surface area contributed by atoms with E-state index < -0.39 is 0 Å². The van der Waals surface area contributed by atoms with Gasteiger partial charge < -0.3 is 15.4 Å². The van der Waals surface area contributed by atoms with Crippen molar-refractivity contribution in [1.82, 2.24) is 5.32 Å². The molecule has 2 N–H and O–H groups in total. The molecule has 0 unspecified atom stereocenters. The third-order valence-corrected chi connectivity index (χ3v) is 3.38. The van der Waals surface area contributed by atoms with Gasteiger partial charge in [-0.25, -0.2) is 0 Å². The first-order chi connectivity index (χ1) is 12.1. The minimum absolute atomic E-state index is 0.269. The summed E-state index contributed by atoms with van der Waals surface area (Å²) in [5.41, 5.74) is 1.72. The summed E-state index contributed by atoms with van der Waals surface area (Å²) in [4.78, 5) is 24.2. The Labute approximate surface area is 147 Å². The first kappa shape index (κ1) is 18.0. The van der Waals surface area contributed by atoms with Gasteiger partial charge in [0.15, 0.2) is 0 Å². The molecule has 0 saturated carbocycles. The molecule has 0 aromatic heterocycles. The molecule has 0 heterocycles. The number of anilines is 1. The van der Waals surface area contributed by atoms with Crippen LogP contribution in [0.4, 0.5) is 5.69 Å². The van der Waals surface area contributed by atoms with E-state index in [4.69, 9.17) is 4.74 Å². The maximum absolute atomic E-state index is 12.1. The fourth-order valence-corrected chi connectivity index (χ4v) is 2.11. The van der Waals surface area contributed by atoms with Gasteiger partial charge in [0, 0.05) is 12.6 Å². The first-order valence-corrected chi connectivity index (χ1v) is 7.75. The molecular weight excluding hydrogens is 316 g/mol. The zero-order valence-electron chi connectivity index (χ0n) is 14.0. The molecule has 25 heavy (non-hydrogen) atoms. The van der Waals surface area contributed by atoms with E-state index in [0.717, 1.165) is 11.3 Å². The van der Waals surface area contributed by atoms with Crippen LogP contribution in [0.5, 0.6) is 5.75 Å². The fourth-order valence-electron chi connectivity index (χ4n) is 2.11. The molecule has 5 nitrogen and oxygen atoms in total. The second-order valence-electron chi connectivity index (χ2n) is 5.14. The lowest BCUT2D eigenvalue weighted by molar-refractivity contribution is -0.111. The van der Waals surface area contributed by atoms with E-state index in [1.807, 2.05) is 24.3 Å². The van der Waals surface area contributed by atoms with Crippen molar-refractivity contribution in [3.8, 4) is 5.75 Å². The summed E-state index contributed by atoms with van der Waals surface area (Å²) >= 11 is 0. The van der Waals surface area contributed by atoms with E-state index in [-0.39, 0.29) is 11.8 Å². The minimum Gasteiger partial charge on any atom is -0.497 e. The second kappa shape index (κ2) is 9.08. The maximum atomic E-state index is 12.1. The molecule has 0 spiro atoms. The highest BCUT2D eigenvalue weighted by Gasteiger charge is 2.11. The van der Waals surface area contributed by atoms with Crippen LogP contribution in [0.25, 0.3) is 6.08 Å². The molecule has 0 fully saturated rings. The van der Waals surface area contributed by atoms with Gasteiger partial charge in [0.1, 0.15) is 5.75 Å². The summed E-state index contributed by atoms with van der Waals surface area (Å²) in [6.45, 7) is 3.92. The van der Waals surface area contributed by atoms with Crippen LogP contribution in [-0.2, 0) is 4.79 Å². The number of methoxy groups -OCH3 is 1. The lowest BCUT2D eigenvalue weighted by Crippen LogP contribution is -2.24. The normalized spacial score (nSPS) is 10.3. The van der Waals surface area contributed by atoms with Crippen molar-refractivity contribution in [2.75, 3.05) is 19.0 Å². The van der Waals surface area contributed by atoms with Crippen LogP contribution in [0.2, 0.25) is 0 Å². The average Bonchev–Trinajstić information content (AvgIpc) is 2.65. The molecule has 0 aliphatic carbocycles. The van der Waals surface area contributed by atoms with Crippen LogP contribution in [0.15, 0.2) is 67.3 Å². The van der Waals surface area contributed by atoms with Gasteiger partial charge in [-0.3, -0.25) is 9.59 Å². The molecular formula is C20H20N2O3. The lowest BCUT2D eigenvalue weighted by atomic mass is 10.1. The van der Waals surface area contributed by atoms with Crippen LogP contribution in [0, 0.1) is 0 Å².